The molecule has 4 N–H and O–H groups in total. The lowest BCUT2D eigenvalue weighted by molar-refractivity contribution is 0.396. The average Bonchev–Trinajstić information content (AvgIpc) is 2.17. The van der Waals surface area contributed by atoms with Crippen molar-refractivity contribution in [3.05, 3.63) is 18.1 Å². The predicted molar refractivity (Wildman–Crippen MR) is 43.5 cm³/mol. The van der Waals surface area contributed by atoms with Crippen LogP contribution in [0.25, 0.3) is 0 Å². The second-order valence-corrected chi connectivity index (χ2v) is 1.96. The van der Waals surface area contributed by atoms with Crippen LogP contribution in [0.1, 0.15) is 5.69 Å². The number of hydrogen-bond donors (Lipinski definition) is 2. The summed E-state index contributed by atoms with van der Waals surface area (Å²) >= 11 is 0. The maximum Gasteiger partial charge on any atom is 0.216 e. The molecule has 1 aromatic rings. The molecule has 0 amide bonds. The van der Waals surface area contributed by atoms with Gasteiger partial charge in [0.05, 0.1) is 7.11 Å². The van der Waals surface area contributed by atoms with Crippen LogP contribution in [0.4, 0.5) is 0 Å². The summed E-state index contributed by atoms with van der Waals surface area (Å²) in [5.74, 6) is 5.53. The molecule has 0 unspecified atom stereocenters. The fourth-order valence-corrected chi connectivity index (χ4v) is 0.657. The third-order valence-corrected chi connectivity index (χ3v) is 1.25. The Morgan fingerprint density at radius 3 is 2.92 bits per heavy atom. The van der Waals surface area contributed by atoms with Gasteiger partial charge in [-0.05, 0) is 0 Å². The van der Waals surface area contributed by atoms with E-state index in [1.807, 2.05) is 0 Å². The van der Waals surface area contributed by atoms with E-state index in [0.717, 1.165) is 0 Å². The monoisotopic (exact) mass is 167 g/mol. The van der Waals surface area contributed by atoms with E-state index in [2.05, 4.69) is 15.1 Å². The van der Waals surface area contributed by atoms with Crippen molar-refractivity contribution in [2.45, 2.75) is 0 Å². The summed E-state index contributed by atoms with van der Waals surface area (Å²) in [4.78, 5) is 7.62. The Balaban J connectivity index is 3.02. The van der Waals surface area contributed by atoms with Gasteiger partial charge in [0.1, 0.15) is 12.0 Å². The fraction of sp³-hybridized carbons (Fsp3) is 0.167. The first-order chi connectivity index (χ1) is 5.77. The molecule has 0 radical (unpaired) electrons. The van der Waals surface area contributed by atoms with Crippen molar-refractivity contribution in [1.82, 2.24) is 9.97 Å². The first-order valence-electron chi connectivity index (χ1n) is 3.17. The molecule has 0 bridgehead atoms. The van der Waals surface area contributed by atoms with Gasteiger partial charge in [0, 0.05) is 6.07 Å². The molecule has 0 aliphatic carbocycles. The van der Waals surface area contributed by atoms with Crippen molar-refractivity contribution in [1.29, 1.82) is 0 Å². The highest BCUT2D eigenvalue weighted by Crippen LogP contribution is 2.04. The van der Waals surface area contributed by atoms with E-state index in [0.29, 0.717) is 11.6 Å². The van der Waals surface area contributed by atoms with Crippen LogP contribution in [0.2, 0.25) is 0 Å². The molecule has 0 atom stereocenters. The molecule has 12 heavy (non-hydrogen) atoms. The molecule has 0 aromatic carbocycles. The zero-order valence-corrected chi connectivity index (χ0v) is 6.56. The lowest BCUT2D eigenvalue weighted by Gasteiger charge is -1.99. The lowest BCUT2D eigenvalue weighted by atomic mass is 10.4. The molecule has 0 aliphatic rings. The van der Waals surface area contributed by atoms with Crippen molar-refractivity contribution in [2.24, 2.45) is 16.7 Å². The number of aromatic nitrogens is 2. The van der Waals surface area contributed by atoms with Gasteiger partial charge in [0.2, 0.25) is 5.88 Å². The van der Waals surface area contributed by atoms with Crippen LogP contribution in [0.15, 0.2) is 17.5 Å². The van der Waals surface area contributed by atoms with Crippen molar-refractivity contribution >= 4 is 5.84 Å². The van der Waals surface area contributed by atoms with E-state index < -0.39 is 0 Å². The highest BCUT2D eigenvalue weighted by molar-refractivity contribution is 5.95. The number of nitrogens with two attached hydrogens (primary N) is 2. The topological polar surface area (TPSA) is 99.4 Å². The van der Waals surface area contributed by atoms with Crippen LogP contribution >= 0.6 is 0 Å². The summed E-state index contributed by atoms with van der Waals surface area (Å²) in [6.45, 7) is 0. The van der Waals surface area contributed by atoms with Gasteiger partial charge in [-0.25, -0.2) is 9.97 Å². The number of hydrazone groups is 1. The standard InChI is InChI=1S/C6H9N5O/c1-12-5-2-4(6(7)11-8)9-3-10-5/h2-3H,8H2,1H3,(H2,7,11). The lowest BCUT2D eigenvalue weighted by Crippen LogP contribution is -2.17. The largest absolute Gasteiger partial charge is 0.481 e. The Kier molecular flexibility index (Phi) is 2.42. The van der Waals surface area contributed by atoms with E-state index in [9.17, 15) is 0 Å². The minimum atomic E-state index is 0.149. The van der Waals surface area contributed by atoms with Crippen LogP contribution in [0.3, 0.4) is 0 Å². The Morgan fingerprint density at radius 2 is 2.33 bits per heavy atom. The first kappa shape index (κ1) is 8.25. The average molecular weight is 167 g/mol. The van der Waals surface area contributed by atoms with Crippen LogP contribution in [-0.2, 0) is 0 Å². The summed E-state index contributed by atoms with van der Waals surface area (Å²) in [6, 6.07) is 1.55. The van der Waals surface area contributed by atoms with Crippen LogP contribution < -0.4 is 16.3 Å². The van der Waals surface area contributed by atoms with Crippen LogP contribution in [-0.4, -0.2) is 22.9 Å². The highest BCUT2D eigenvalue weighted by Gasteiger charge is 2.01. The molecule has 64 valence electrons. The predicted octanol–water partition coefficient (Wildman–Crippen LogP) is -0.936. The summed E-state index contributed by atoms with van der Waals surface area (Å²) in [5.41, 5.74) is 5.85. The maximum atomic E-state index is 5.40. The van der Waals surface area contributed by atoms with E-state index >= 15 is 0 Å². The zero-order valence-electron chi connectivity index (χ0n) is 6.56. The molecule has 6 nitrogen and oxygen atoms in total. The molecule has 0 fully saturated rings. The van der Waals surface area contributed by atoms with Gasteiger partial charge in [-0.15, -0.1) is 0 Å². The third kappa shape index (κ3) is 1.60. The molecular formula is C6H9N5O. The fourth-order valence-electron chi connectivity index (χ4n) is 0.657. The zero-order chi connectivity index (χ0) is 8.97. The normalized spacial score (nSPS) is 11.2. The second kappa shape index (κ2) is 3.51. The van der Waals surface area contributed by atoms with Gasteiger partial charge in [-0.3, -0.25) is 0 Å². The number of amidine groups is 1. The van der Waals surface area contributed by atoms with E-state index in [1.54, 1.807) is 6.07 Å². The van der Waals surface area contributed by atoms with Gasteiger partial charge in [-0.1, -0.05) is 0 Å². The Hall–Kier alpha value is -1.85. The maximum absolute atomic E-state index is 5.40. The number of methoxy groups -OCH3 is 1. The number of ether oxygens (including phenoxy) is 1. The van der Waals surface area contributed by atoms with E-state index in [-0.39, 0.29) is 5.84 Å². The molecule has 0 aliphatic heterocycles. The van der Waals surface area contributed by atoms with Gasteiger partial charge < -0.3 is 16.3 Å². The molecular weight excluding hydrogens is 158 g/mol. The SMILES string of the molecule is COc1cc(/C(N)=N/N)ncn1. The quantitative estimate of drug-likeness (QED) is 0.256. The molecule has 0 saturated heterocycles. The second-order valence-electron chi connectivity index (χ2n) is 1.96. The third-order valence-electron chi connectivity index (χ3n) is 1.25. The number of hydrogen-bond acceptors (Lipinski definition) is 5. The van der Waals surface area contributed by atoms with E-state index in [4.69, 9.17) is 16.3 Å². The van der Waals surface area contributed by atoms with Crippen LogP contribution in [0.5, 0.6) is 5.88 Å². The molecule has 0 saturated carbocycles. The summed E-state index contributed by atoms with van der Waals surface area (Å²) in [7, 11) is 1.50. The molecule has 1 rings (SSSR count). The first-order valence-corrected chi connectivity index (χ1v) is 3.17. The smallest absolute Gasteiger partial charge is 0.216 e. The van der Waals surface area contributed by atoms with Crippen LogP contribution in [0, 0.1) is 0 Å². The molecule has 1 heterocycles. The number of rotatable bonds is 2. The minimum absolute atomic E-state index is 0.149. The molecule has 1 aromatic heterocycles. The Labute approximate surface area is 69.3 Å². The molecule has 6 heteroatoms. The van der Waals surface area contributed by atoms with E-state index in [1.165, 1.54) is 13.4 Å². The highest BCUT2D eigenvalue weighted by atomic mass is 16.5. The van der Waals surface area contributed by atoms with Crippen molar-refractivity contribution in [2.75, 3.05) is 7.11 Å². The van der Waals surface area contributed by atoms with Gasteiger partial charge in [0.15, 0.2) is 5.84 Å². The summed E-state index contributed by atoms with van der Waals surface area (Å²) in [5, 5.41) is 3.28. The number of nitrogens with zero attached hydrogens (tertiary/aromatic N) is 3. The van der Waals surface area contributed by atoms with Gasteiger partial charge in [0.25, 0.3) is 0 Å². The Morgan fingerprint density at radius 1 is 1.58 bits per heavy atom. The van der Waals surface area contributed by atoms with Crippen molar-refractivity contribution in [3.8, 4) is 5.88 Å². The van der Waals surface area contributed by atoms with Crippen molar-refractivity contribution < 1.29 is 4.74 Å². The minimum Gasteiger partial charge on any atom is -0.481 e. The summed E-state index contributed by atoms with van der Waals surface area (Å²) < 4.78 is 4.85. The summed E-state index contributed by atoms with van der Waals surface area (Å²) in [6.07, 6.45) is 1.33. The molecule has 0 spiro atoms. The Bertz CT molecular complexity index is 298. The van der Waals surface area contributed by atoms with Gasteiger partial charge in [-0.2, -0.15) is 5.10 Å². The van der Waals surface area contributed by atoms with Gasteiger partial charge >= 0.3 is 0 Å². The van der Waals surface area contributed by atoms with Crippen molar-refractivity contribution in [3.63, 3.8) is 0 Å².